The Morgan fingerprint density at radius 3 is 2.53 bits per heavy atom. The van der Waals surface area contributed by atoms with E-state index in [4.69, 9.17) is 9.47 Å². The van der Waals surface area contributed by atoms with Crippen LogP contribution in [0.2, 0.25) is 0 Å². The van der Waals surface area contributed by atoms with Gasteiger partial charge in [-0.15, -0.1) is 0 Å². The summed E-state index contributed by atoms with van der Waals surface area (Å²) in [4.78, 5) is 0. The fraction of sp³-hybridized carbons (Fsp3) is 0.600. The van der Waals surface area contributed by atoms with E-state index < -0.39 is 0 Å². The van der Waals surface area contributed by atoms with E-state index in [9.17, 15) is 0 Å². The van der Waals surface area contributed by atoms with Gasteiger partial charge < -0.3 is 14.8 Å². The van der Waals surface area contributed by atoms with Gasteiger partial charge in [0.2, 0.25) is 0 Å². The minimum atomic E-state index is -0.333. The van der Waals surface area contributed by atoms with Crippen LogP contribution in [0.1, 0.15) is 50.1 Å². The molecule has 1 saturated heterocycles. The van der Waals surface area contributed by atoms with Crippen LogP contribution in [0, 0.1) is 0 Å². The number of fused-ring (bicyclic) bond motifs is 1. The van der Waals surface area contributed by atoms with Gasteiger partial charge >= 0.3 is 0 Å². The monoisotopic (exact) mass is 323 g/mol. The lowest BCUT2D eigenvalue weighted by molar-refractivity contribution is -0.138. The van der Waals surface area contributed by atoms with Crippen LogP contribution in [-0.4, -0.2) is 12.3 Å². The highest BCUT2D eigenvalue weighted by molar-refractivity contribution is 9.10. The third-order valence-electron chi connectivity index (χ3n) is 4.46. The Bertz CT molecular complexity index is 507. The first-order valence-corrected chi connectivity index (χ1v) is 8.00. The predicted molar refractivity (Wildman–Crippen MR) is 76.6 cm³/mol. The normalized spacial score (nSPS) is 27.3. The summed E-state index contributed by atoms with van der Waals surface area (Å²) in [5, 5.41) is 3.59. The van der Waals surface area contributed by atoms with Gasteiger partial charge in [0.15, 0.2) is 11.5 Å². The first-order valence-electron chi connectivity index (χ1n) is 7.21. The Morgan fingerprint density at radius 1 is 1.11 bits per heavy atom. The van der Waals surface area contributed by atoms with E-state index in [0.29, 0.717) is 6.04 Å². The number of benzene rings is 1. The van der Waals surface area contributed by atoms with Crippen molar-refractivity contribution in [3.8, 4) is 11.5 Å². The van der Waals surface area contributed by atoms with E-state index in [1.165, 1.54) is 31.2 Å². The number of halogens is 1. The van der Waals surface area contributed by atoms with E-state index in [-0.39, 0.29) is 5.79 Å². The summed E-state index contributed by atoms with van der Waals surface area (Å²) < 4.78 is 13.2. The van der Waals surface area contributed by atoms with Crippen molar-refractivity contribution in [1.82, 2.24) is 5.32 Å². The number of piperidine rings is 1. The molecule has 19 heavy (non-hydrogen) atoms. The number of hydrogen-bond donors (Lipinski definition) is 1. The summed E-state index contributed by atoms with van der Waals surface area (Å²) in [6.07, 6.45) is 6.99. The molecule has 0 radical (unpaired) electrons. The zero-order valence-corrected chi connectivity index (χ0v) is 12.5. The van der Waals surface area contributed by atoms with Crippen molar-refractivity contribution in [3.63, 3.8) is 0 Å². The molecule has 3 aliphatic rings. The minimum absolute atomic E-state index is 0.333. The summed E-state index contributed by atoms with van der Waals surface area (Å²) >= 11 is 3.69. The van der Waals surface area contributed by atoms with Crippen molar-refractivity contribution in [2.75, 3.05) is 6.54 Å². The summed E-state index contributed by atoms with van der Waals surface area (Å²) in [6.45, 7) is 1.11. The fourth-order valence-electron chi connectivity index (χ4n) is 3.19. The van der Waals surface area contributed by atoms with Gasteiger partial charge in [-0.1, -0.05) is 22.4 Å². The van der Waals surface area contributed by atoms with Crippen LogP contribution in [0.3, 0.4) is 0 Å². The zero-order valence-electron chi connectivity index (χ0n) is 10.9. The fourth-order valence-corrected chi connectivity index (χ4v) is 3.78. The highest BCUT2D eigenvalue weighted by Gasteiger charge is 2.47. The largest absolute Gasteiger partial charge is 0.448 e. The second-order valence-corrected chi connectivity index (χ2v) is 6.65. The quantitative estimate of drug-likeness (QED) is 0.849. The van der Waals surface area contributed by atoms with Gasteiger partial charge in [-0.25, -0.2) is 0 Å². The molecule has 1 N–H and O–H groups in total. The highest BCUT2D eigenvalue weighted by atomic mass is 79.9. The van der Waals surface area contributed by atoms with Crippen molar-refractivity contribution < 1.29 is 9.47 Å². The second-order valence-electron chi connectivity index (χ2n) is 5.79. The van der Waals surface area contributed by atoms with Crippen LogP contribution >= 0.6 is 15.9 Å². The Balaban J connectivity index is 1.65. The molecular formula is C15H18BrNO2. The molecule has 2 heterocycles. The maximum atomic E-state index is 6.05. The Labute approximate surface area is 121 Å². The lowest BCUT2D eigenvalue weighted by atomic mass is 9.91. The average Bonchev–Trinajstić information content (AvgIpc) is 2.77. The molecule has 2 fully saturated rings. The highest BCUT2D eigenvalue weighted by Crippen LogP contribution is 2.50. The van der Waals surface area contributed by atoms with Crippen molar-refractivity contribution in [1.29, 1.82) is 0 Å². The molecule has 0 bridgehead atoms. The van der Waals surface area contributed by atoms with Crippen LogP contribution in [0.4, 0.5) is 0 Å². The molecule has 1 spiro atoms. The van der Waals surface area contributed by atoms with E-state index in [0.717, 1.165) is 35.4 Å². The second kappa shape index (κ2) is 4.38. The Morgan fingerprint density at radius 2 is 1.89 bits per heavy atom. The molecular weight excluding hydrogens is 306 g/mol. The zero-order chi connectivity index (χ0) is 12.9. The van der Waals surface area contributed by atoms with Gasteiger partial charge in [-0.2, -0.15) is 0 Å². The molecule has 1 aliphatic carbocycles. The number of rotatable bonds is 1. The van der Waals surface area contributed by atoms with Crippen LogP contribution in [-0.2, 0) is 0 Å². The predicted octanol–water partition coefficient (Wildman–Crippen LogP) is 3.92. The molecule has 1 unspecified atom stereocenters. The summed E-state index contributed by atoms with van der Waals surface area (Å²) in [7, 11) is 0. The molecule has 0 amide bonds. The molecule has 1 atom stereocenters. The Hall–Kier alpha value is -0.740. The first-order chi connectivity index (χ1) is 9.26. The van der Waals surface area contributed by atoms with Crippen molar-refractivity contribution >= 4 is 15.9 Å². The minimum Gasteiger partial charge on any atom is -0.448 e. The van der Waals surface area contributed by atoms with E-state index in [1.807, 2.05) is 0 Å². The Kier molecular flexibility index (Phi) is 2.78. The third kappa shape index (κ3) is 1.96. The van der Waals surface area contributed by atoms with Crippen molar-refractivity contribution in [2.24, 2.45) is 0 Å². The summed E-state index contributed by atoms with van der Waals surface area (Å²) in [6, 6.07) is 4.68. The number of nitrogens with one attached hydrogen (secondary N) is 1. The van der Waals surface area contributed by atoms with Gasteiger partial charge in [0.25, 0.3) is 5.79 Å². The summed E-state index contributed by atoms with van der Waals surface area (Å²) in [5.74, 6) is 1.48. The molecule has 4 rings (SSSR count). The van der Waals surface area contributed by atoms with Crippen LogP contribution in [0.15, 0.2) is 16.6 Å². The summed E-state index contributed by atoms with van der Waals surface area (Å²) in [5.41, 5.74) is 1.30. The van der Waals surface area contributed by atoms with Gasteiger partial charge in [-0.3, -0.25) is 0 Å². The topological polar surface area (TPSA) is 30.5 Å². The lowest BCUT2D eigenvalue weighted by Gasteiger charge is -2.35. The molecule has 102 valence electrons. The van der Waals surface area contributed by atoms with Crippen molar-refractivity contribution in [2.45, 2.75) is 50.4 Å². The molecule has 0 aromatic heterocycles. The standard InChI is InChI=1S/C15H18BrNO2/c16-11-9-14-13(18-15(19-14)5-3-6-15)8-10(11)12-4-1-2-7-17-12/h8-9,12,17H,1-7H2. The van der Waals surface area contributed by atoms with Gasteiger partial charge in [0.1, 0.15) is 0 Å². The maximum absolute atomic E-state index is 6.05. The lowest BCUT2D eigenvalue weighted by Crippen LogP contribution is -2.45. The smallest absolute Gasteiger partial charge is 0.251 e. The maximum Gasteiger partial charge on any atom is 0.251 e. The SMILES string of the molecule is Brc1cc2c(cc1C1CCCCN1)OC1(CCC1)O2. The van der Waals surface area contributed by atoms with Crippen LogP contribution in [0.25, 0.3) is 0 Å². The molecule has 4 heteroatoms. The average molecular weight is 324 g/mol. The van der Waals surface area contributed by atoms with E-state index in [1.54, 1.807) is 0 Å². The van der Waals surface area contributed by atoms with Gasteiger partial charge in [0.05, 0.1) is 0 Å². The van der Waals surface area contributed by atoms with Crippen LogP contribution in [0.5, 0.6) is 11.5 Å². The number of hydrogen-bond acceptors (Lipinski definition) is 3. The molecule has 2 aliphatic heterocycles. The molecule has 1 aromatic rings. The van der Waals surface area contributed by atoms with Gasteiger partial charge in [0, 0.05) is 23.4 Å². The number of ether oxygens (including phenoxy) is 2. The van der Waals surface area contributed by atoms with E-state index in [2.05, 4.69) is 33.4 Å². The molecule has 1 aromatic carbocycles. The first kappa shape index (κ1) is 12.0. The molecule has 1 saturated carbocycles. The van der Waals surface area contributed by atoms with Crippen molar-refractivity contribution in [3.05, 3.63) is 22.2 Å². The third-order valence-corrected chi connectivity index (χ3v) is 5.14. The van der Waals surface area contributed by atoms with Crippen LogP contribution < -0.4 is 14.8 Å². The molecule has 3 nitrogen and oxygen atoms in total. The van der Waals surface area contributed by atoms with Gasteiger partial charge in [-0.05, 0) is 43.5 Å². The van der Waals surface area contributed by atoms with E-state index >= 15 is 0 Å².